The van der Waals surface area contributed by atoms with Crippen LogP contribution in [0.1, 0.15) is 21.5 Å². The van der Waals surface area contributed by atoms with E-state index in [4.69, 9.17) is 5.26 Å². The summed E-state index contributed by atoms with van der Waals surface area (Å²) in [4.78, 5) is 11.7. The van der Waals surface area contributed by atoms with E-state index >= 15 is 0 Å². The number of halogens is 2. The molecule has 0 fully saturated rings. The molecule has 0 aliphatic rings. The summed E-state index contributed by atoms with van der Waals surface area (Å²) in [5.74, 6) is -1.84. The summed E-state index contributed by atoms with van der Waals surface area (Å²) in [6.07, 6.45) is 0. The van der Waals surface area contributed by atoms with Crippen LogP contribution in [-0.2, 0) is 6.54 Å². The molecule has 20 heavy (non-hydrogen) atoms. The third-order valence-electron chi connectivity index (χ3n) is 2.74. The van der Waals surface area contributed by atoms with Crippen LogP contribution >= 0.6 is 0 Å². The zero-order valence-corrected chi connectivity index (χ0v) is 10.4. The number of nitrogens with zero attached hydrogens (tertiary/aromatic N) is 1. The minimum atomic E-state index is -0.634. The molecule has 1 N–H and O–H groups in total. The SMILES string of the molecule is N#Cc1ccc(CNC(=O)c2ccccc2F)c(F)c1. The van der Waals surface area contributed by atoms with E-state index in [0.717, 1.165) is 6.07 Å². The molecule has 0 bridgehead atoms. The van der Waals surface area contributed by atoms with E-state index in [9.17, 15) is 13.6 Å². The van der Waals surface area contributed by atoms with Crippen molar-refractivity contribution in [2.24, 2.45) is 0 Å². The number of nitrogens with one attached hydrogen (secondary N) is 1. The number of amides is 1. The van der Waals surface area contributed by atoms with Crippen LogP contribution in [0, 0.1) is 23.0 Å². The highest BCUT2D eigenvalue weighted by atomic mass is 19.1. The van der Waals surface area contributed by atoms with Crippen LogP contribution in [0.3, 0.4) is 0 Å². The topological polar surface area (TPSA) is 52.9 Å². The van der Waals surface area contributed by atoms with Gasteiger partial charge >= 0.3 is 0 Å². The van der Waals surface area contributed by atoms with Crippen LogP contribution in [-0.4, -0.2) is 5.91 Å². The zero-order valence-electron chi connectivity index (χ0n) is 10.4. The maximum atomic E-state index is 13.6. The van der Waals surface area contributed by atoms with Crippen LogP contribution in [0.15, 0.2) is 42.5 Å². The van der Waals surface area contributed by atoms with E-state index in [1.165, 1.54) is 30.3 Å². The molecule has 5 heteroatoms. The highest BCUT2D eigenvalue weighted by molar-refractivity contribution is 5.94. The standard InChI is InChI=1S/C15H10F2N2O/c16-13-4-2-1-3-12(13)15(20)19-9-11-6-5-10(8-18)7-14(11)17/h1-7H,9H2,(H,19,20). The lowest BCUT2D eigenvalue weighted by Crippen LogP contribution is -2.24. The Kier molecular flexibility index (Phi) is 4.06. The van der Waals surface area contributed by atoms with E-state index in [2.05, 4.69) is 5.32 Å². The number of nitriles is 1. The van der Waals surface area contributed by atoms with E-state index < -0.39 is 17.5 Å². The van der Waals surface area contributed by atoms with Crippen molar-refractivity contribution >= 4 is 5.91 Å². The first kappa shape index (κ1) is 13.7. The summed E-state index contributed by atoms with van der Waals surface area (Å²) in [5, 5.41) is 11.1. The maximum absolute atomic E-state index is 13.6. The molecule has 2 aromatic carbocycles. The van der Waals surface area contributed by atoms with Crippen LogP contribution < -0.4 is 5.32 Å². The van der Waals surface area contributed by atoms with Crippen molar-refractivity contribution in [1.29, 1.82) is 5.26 Å². The van der Waals surface area contributed by atoms with E-state index in [-0.39, 0.29) is 23.2 Å². The summed E-state index contributed by atoms with van der Waals surface area (Å²) >= 11 is 0. The maximum Gasteiger partial charge on any atom is 0.254 e. The predicted octanol–water partition coefficient (Wildman–Crippen LogP) is 2.77. The van der Waals surface area contributed by atoms with Crippen molar-refractivity contribution in [3.63, 3.8) is 0 Å². The van der Waals surface area contributed by atoms with Gasteiger partial charge in [-0.2, -0.15) is 5.26 Å². The van der Waals surface area contributed by atoms with E-state index in [1.54, 1.807) is 6.07 Å². The van der Waals surface area contributed by atoms with Gasteiger partial charge in [0.1, 0.15) is 11.6 Å². The van der Waals surface area contributed by atoms with Crippen LogP contribution in [0.5, 0.6) is 0 Å². The van der Waals surface area contributed by atoms with Gasteiger partial charge < -0.3 is 5.32 Å². The Labute approximate surface area is 114 Å². The van der Waals surface area contributed by atoms with Crippen LogP contribution in [0.2, 0.25) is 0 Å². The molecular weight excluding hydrogens is 262 g/mol. The largest absolute Gasteiger partial charge is 0.348 e. The summed E-state index contributed by atoms with van der Waals surface area (Å²) < 4.78 is 27.0. The minimum absolute atomic E-state index is 0.0787. The number of hydrogen-bond donors (Lipinski definition) is 1. The second-order valence-corrected chi connectivity index (χ2v) is 4.08. The Morgan fingerprint density at radius 1 is 1.15 bits per heavy atom. The molecule has 100 valence electrons. The van der Waals surface area contributed by atoms with Gasteiger partial charge in [-0.15, -0.1) is 0 Å². The Morgan fingerprint density at radius 2 is 1.90 bits per heavy atom. The molecule has 0 unspecified atom stereocenters. The molecule has 0 aromatic heterocycles. The number of hydrogen-bond acceptors (Lipinski definition) is 2. The molecular formula is C15H10F2N2O. The van der Waals surface area contributed by atoms with E-state index in [1.807, 2.05) is 6.07 Å². The first-order valence-corrected chi connectivity index (χ1v) is 5.83. The quantitative estimate of drug-likeness (QED) is 0.934. The van der Waals surface area contributed by atoms with Crippen molar-refractivity contribution < 1.29 is 13.6 Å². The molecule has 2 aromatic rings. The van der Waals surface area contributed by atoms with Gasteiger partial charge in [0.25, 0.3) is 5.91 Å². The third kappa shape index (κ3) is 2.98. The highest BCUT2D eigenvalue weighted by Crippen LogP contribution is 2.11. The van der Waals surface area contributed by atoms with Gasteiger partial charge in [0.05, 0.1) is 17.2 Å². The third-order valence-corrected chi connectivity index (χ3v) is 2.74. The Morgan fingerprint density at radius 3 is 2.55 bits per heavy atom. The Balaban J connectivity index is 2.08. The molecule has 0 atom stereocenters. The Bertz CT molecular complexity index is 693. The molecule has 0 aliphatic carbocycles. The second kappa shape index (κ2) is 5.93. The molecule has 0 heterocycles. The lowest BCUT2D eigenvalue weighted by molar-refractivity contribution is 0.0946. The molecule has 3 nitrogen and oxygen atoms in total. The van der Waals surface area contributed by atoms with Crippen molar-refractivity contribution in [2.75, 3.05) is 0 Å². The van der Waals surface area contributed by atoms with Gasteiger partial charge in [0.15, 0.2) is 0 Å². The average Bonchev–Trinajstić information content (AvgIpc) is 2.46. The van der Waals surface area contributed by atoms with Crippen molar-refractivity contribution in [3.05, 3.63) is 70.8 Å². The number of carbonyl (C=O) groups excluding carboxylic acids is 1. The van der Waals surface area contributed by atoms with E-state index in [0.29, 0.717) is 0 Å². The number of benzene rings is 2. The molecule has 2 rings (SSSR count). The summed E-state index contributed by atoms with van der Waals surface area (Å²) in [6, 6.07) is 11.3. The van der Waals surface area contributed by atoms with Crippen molar-refractivity contribution in [2.45, 2.75) is 6.54 Å². The van der Waals surface area contributed by atoms with Crippen molar-refractivity contribution in [3.8, 4) is 6.07 Å². The molecule has 0 spiro atoms. The fourth-order valence-electron chi connectivity index (χ4n) is 1.68. The van der Waals surface area contributed by atoms with Crippen LogP contribution in [0.25, 0.3) is 0 Å². The molecule has 0 saturated carbocycles. The van der Waals surface area contributed by atoms with Gasteiger partial charge in [-0.05, 0) is 24.3 Å². The monoisotopic (exact) mass is 272 g/mol. The molecule has 0 saturated heterocycles. The fourth-order valence-corrected chi connectivity index (χ4v) is 1.68. The van der Waals surface area contributed by atoms with Gasteiger partial charge in [0.2, 0.25) is 0 Å². The highest BCUT2D eigenvalue weighted by Gasteiger charge is 2.11. The lowest BCUT2D eigenvalue weighted by Gasteiger charge is -2.07. The smallest absolute Gasteiger partial charge is 0.254 e. The zero-order chi connectivity index (χ0) is 14.5. The van der Waals surface area contributed by atoms with Gasteiger partial charge in [-0.3, -0.25) is 4.79 Å². The van der Waals surface area contributed by atoms with Gasteiger partial charge in [-0.1, -0.05) is 18.2 Å². The minimum Gasteiger partial charge on any atom is -0.348 e. The average molecular weight is 272 g/mol. The second-order valence-electron chi connectivity index (χ2n) is 4.08. The van der Waals surface area contributed by atoms with Gasteiger partial charge in [0, 0.05) is 12.1 Å². The molecule has 0 aliphatic heterocycles. The molecule has 1 amide bonds. The lowest BCUT2D eigenvalue weighted by atomic mass is 10.1. The summed E-state index contributed by atoms with van der Waals surface area (Å²) in [6.45, 7) is -0.0787. The van der Waals surface area contributed by atoms with Gasteiger partial charge in [-0.25, -0.2) is 8.78 Å². The van der Waals surface area contributed by atoms with Crippen molar-refractivity contribution in [1.82, 2.24) is 5.32 Å². The number of carbonyl (C=O) groups is 1. The predicted molar refractivity (Wildman–Crippen MR) is 68.7 cm³/mol. The fraction of sp³-hybridized carbons (Fsp3) is 0.0667. The molecule has 0 radical (unpaired) electrons. The first-order valence-electron chi connectivity index (χ1n) is 5.83. The summed E-state index contributed by atoms with van der Waals surface area (Å²) in [5.41, 5.74) is 0.335. The Hall–Kier alpha value is -2.74. The normalized spacial score (nSPS) is 9.85. The number of rotatable bonds is 3. The first-order chi connectivity index (χ1) is 9.61. The van der Waals surface area contributed by atoms with Crippen LogP contribution in [0.4, 0.5) is 8.78 Å². The summed E-state index contributed by atoms with van der Waals surface area (Å²) in [7, 11) is 0.